The molecule has 1 amide bonds. The van der Waals surface area contributed by atoms with Crippen LogP contribution in [0.1, 0.15) is 47.8 Å². The Morgan fingerprint density at radius 2 is 1.79 bits per heavy atom. The third kappa shape index (κ3) is 3.77. The number of likely N-dealkylation sites (tertiary alicyclic amines) is 1. The van der Waals surface area contributed by atoms with Crippen LogP contribution >= 0.6 is 0 Å². The van der Waals surface area contributed by atoms with Crippen molar-refractivity contribution in [2.45, 2.75) is 38.1 Å². The first kappa shape index (κ1) is 18.0. The first-order valence-electron chi connectivity index (χ1n) is 10.2. The molecule has 1 saturated heterocycles. The van der Waals surface area contributed by atoms with E-state index in [1.165, 1.54) is 0 Å². The number of rotatable bonds is 4. The van der Waals surface area contributed by atoms with E-state index in [9.17, 15) is 9.59 Å². The molecule has 1 saturated carbocycles. The van der Waals surface area contributed by atoms with Crippen molar-refractivity contribution in [3.8, 4) is 0 Å². The van der Waals surface area contributed by atoms with Crippen LogP contribution in [0.3, 0.4) is 0 Å². The maximum atomic E-state index is 12.8. The number of para-hydroxylation sites is 2. The summed E-state index contributed by atoms with van der Waals surface area (Å²) in [6, 6.07) is 9.24. The monoisotopic (exact) mass is 389 g/mol. The summed E-state index contributed by atoms with van der Waals surface area (Å²) < 4.78 is 1.71. The van der Waals surface area contributed by atoms with Gasteiger partial charge in [0.15, 0.2) is 0 Å². The Kier molecular flexibility index (Phi) is 4.58. The standard InChI is InChI=1S/C22H23N5O2/c28-21-11-19(16-5-6-16)24-14-27(21)13-15-7-9-26(10-8-15)22(29)20-12-23-17-3-1-2-4-18(17)25-20/h1-4,11-12,14-16H,5-10,13H2. The number of nitrogens with zero attached hydrogens (tertiary/aromatic N) is 5. The second kappa shape index (κ2) is 7.39. The molecule has 0 spiro atoms. The average Bonchev–Trinajstić information content (AvgIpc) is 3.60. The SMILES string of the molecule is O=C(c1cnc2ccccc2n1)N1CCC(Cn2cnc(C3CC3)cc2=O)CC1. The van der Waals surface area contributed by atoms with E-state index in [1.54, 1.807) is 23.2 Å². The highest BCUT2D eigenvalue weighted by Crippen LogP contribution is 2.38. The van der Waals surface area contributed by atoms with Crippen LogP contribution in [-0.4, -0.2) is 43.4 Å². The number of benzene rings is 1. The van der Waals surface area contributed by atoms with Crippen molar-refractivity contribution in [1.82, 2.24) is 24.4 Å². The second-order valence-corrected chi connectivity index (χ2v) is 8.06. The molecule has 1 aromatic carbocycles. The Hall–Kier alpha value is -3.09. The lowest BCUT2D eigenvalue weighted by molar-refractivity contribution is 0.0676. The molecule has 0 bridgehead atoms. The summed E-state index contributed by atoms with van der Waals surface area (Å²) in [6.45, 7) is 2.00. The number of carbonyl (C=O) groups is 1. The maximum absolute atomic E-state index is 12.8. The van der Waals surface area contributed by atoms with Crippen LogP contribution in [0.4, 0.5) is 0 Å². The van der Waals surface area contributed by atoms with Crippen molar-refractivity contribution in [3.05, 3.63) is 64.6 Å². The third-order valence-corrected chi connectivity index (χ3v) is 5.92. The predicted octanol–water partition coefficient (Wildman–Crippen LogP) is 2.62. The van der Waals surface area contributed by atoms with E-state index in [2.05, 4.69) is 15.0 Å². The molecule has 3 heterocycles. The zero-order valence-corrected chi connectivity index (χ0v) is 16.2. The van der Waals surface area contributed by atoms with E-state index in [4.69, 9.17) is 0 Å². The van der Waals surface area contributed by atoms with Crippen LogP contribution in [0.25, 0.3) is 11.0 Å². The van der Waals surface area contributed by atoms with Gasteiger partial charge < -0.3 is 4.90 Å². The minimum Gasteiger partial charge on any atom is -0.337 e. The Labute approximate surface area is 168 Å². The molecule has 0 radical (unpaired) electrons. The fourth-order valence-corrected chi connectivity index (χ4v) is 4.00. The van der Waals surface area contributed by atoms with Crippen molar-refractivity contribution in [1.29, 1.82) is 0 Å². The molecule has 7 nitrogen and oxygen atoms in total. The highest BCUT2D eigenvalue weighted by atomic mass is 16.2. The summed E-state index contributed by atoms with van der Waals surface area (Å²) in [5.41, 5.74) is 2.87. The van der Waals surface area contributed by atoms with Crippen LogP contribution < -0.4 is 5.56 Å². The number of amides is 1. The van der Waals surface area contributed by atoms with Crippen LogP contribution in [0, 0.1) is 5.92 Å². The Morgan fingerprint density at radius 1 is 1.03 bits per heavy atom. The van der Waals surface area contributed by atoms with Crippen LogP contribution in [0.2, 0.25) is 0 Å². The Bertz CT molecular complexity index is 1110. The first-order chi connectivity index (χ1) is 14.2. The molecule has 5 rings (SSSR count). The third-order valence-electron chi connectivity index (χ3n) is 5.92. The van der Waals surface area contributed by atoms with Gasteiger partial charge in [0.25, 0.3) is 11.5 Å². The molecule has 2 aliphatic rings. The molecular weight excluding hydrogens is 366 g/mol. The molecular formula is C22H23N5O2. The van der Waals surface area contributed by atoms with Gasteiger partial charge in [0.1, 0.15) is 5.69 Å². The van der Waals surface area contributed by atoms with Crippen molar-refractivity contribution in [3.63, 3.8) is 0 Å². The van der Waals surface area contributed by atoms with Crippen molar-refractivity contribution in [2.75, 3.05) is 13.1 Å². The van der Waals surface area contributed by atoms with Gasteiger partial charge in [-0.2, -0.15) is 0 Å². The Morgan fingerprint density at radius 3 is 2.52 bits per heavy atom. The fourth-order valence-electron chi connectivity index (χ4n) is 4.00. The molecule has 1 aliphatic heterocycles. The van der Waals surface area contributed by atoms with E-state index >= 15 is 0 Å². The Balaban J connectivity index is 1.21. The van der Waals surface area contributed by atoms with Crippen molar-refractivity contribution in [2.24, 2.45) is 5.92 Å². The molecule has 7 heteroatoms. The minimum atomic E-state index is -0.0747. The first-order valence-corrected chi connectivity index (χ1v) is 10.2. The predicted molar refractivity (Wildman–Crippen MR) is 109 cm³/mol. The lowest BCUT2D eigenvalue weighted by Crippen LogP contribution is -2.40. The molecule has 148 valence electrons. The number of carbonyl (C=O) groups excluding carboxylic acids is 1. The van der Waals surface area contributed by atoms with Gasteiger partial charge in [-0.05, 0) is 43.7 Å². The van der Waals surface area contributed by atoms with Crippen LogP contribution in [0.15, 0.2) is 47.7 Å². The smallest absolute Gasteiger partial charge is 0.274 e. The van der Waals surface area contributed by atoms with Gasteiger partial charge >= 0.3 is 0 Å². The molecule has 2 fully saturated rings. The number of piperidine rings is 1. The molecule has 0 atom stereocenters. The summed E-state index contributed by atoms with van der Waals surface area (Å²) in [4.78, 5) is 40.3. The van der Waals surface area contributed by atoms with Gasteiger partial charge in [-0.3, -0.25) is 19.1 Å². The number of fused-ring (bicyclic) bond motifs is 1. The van der Waals surface area contributed by atoms with E-state index in [-0.39, 0.29) is 11.5 Å². The largest absolute Gasteiger partial charge is 0.337 e. The van der Waals surface area contributed by atoms with E-state index in [0.29, 0.717) is 37.2 Å². The lowest BCUT2D eigenvalue weighted by Gasteiger charge is -2.32. The summed E-state index contributed by atoms with van der Waals surface area (Å²) in [5.74, 6) is 0.784. The summed E-state index contributed by atoms with van der Waals surface area (Å²) in [6.07, 6.45) is 7.27. The zero-order chi connectivity index (χ0) is 19.8. The van der Waals surface area contributed by atoms with E-state index in [0.717, 1.165) is 42.4 Å². The quantitative estimate of drug-likeness (QED) is 0.685. The maximum Gasteiger partial charge on any atom is 0.274 e. The van der Waals surface area contributed by atoms with Gasteiger partial charge in [-0.1, -0.05) is 12.1 Å². The second-order valence-electron chi connectivity index (χ2n) is 8.06. The van der Waals surface area contributed by atoms with Gasteiger partial charge in [-0.25, -0.2) is 9.97 Å². The molecule has 0 N–H and O–H groups in total. The van der Waals surface area contributed by atoms with E-state index in [1.807, 2.05) is 29.2 Å². The average molecular weight is 389 g/mol. The fraction of sp³-hybridized carbons (Fsp3) is 0.409. The molecule has 3 aromatic rings. The molecule has 0 unspecified atom stereocenters. The molecule has 29 heavy (non-hydrogen) atoms. The molecule has 1 aliphatic carbocycles. The van der Waals surface area contributed by atoms with E-state index < -0.39 is 0 Å². The van der Waals surface area contributed by atoms with Gasteiger partial charge in [0, 0.05) is 31.6 Å². The lowest BCUT2D eigenvalue weighted by atomic mass is 9.96. The molecule has 2 aromatic heterocycles. The summed E-state index contributed by atoms with van der Waals surface area (Å²) in [7, 11) is 0. The summed E-state index contributed by atoms with van der Waals surface area (Å²) in [5, 5.41) is 0. The summed E-state index contributed by atoms with van der Waals surface area (Å²) >= 11 is 0. The van der Waals surface area contributed by atoms with Gasteiger partial charge in [-0.15, -0.1) is 0 Å². The van der Waals surface area contributed by atoms with Crippen LogP contribution in [-0.2, 0) is 6.54 Å². The zero-order valence-electron chi connectivity index (χ0n) is 16.2. The van der Waals surface area contributed by atoms with Crippen molar-refractivity contribution < 1.29 is 4.79 Å². The van der Waals surface area contributed by atoms with Gasteiger partial charge in [0.05, 0.1) is 29.3 Å². The normalized spacial score (nSPS) is 17.6. The van der Waals surface area contributed by atoms with Crippen molar-refractivity contribution >= 4 is 16.9 Å². The highest BCUT2D eigenvalue weighted by molar-refractivity contribution is 5.93. The number of hydrogen-bond donors (Lipinski definition) is 0. The number of aromatic nitrogens is 4. The number of hydrogen-bond acceptors (Lipinski definition) is 5. The van der Waals surface area contributed by atoms with Gasteiger partial charge in [0.2, 0.25) is 0 Å². The topological polar surface area (TPSA) is 81.0 Å². The van der Waals surface area contributed by atoms with Crippen LogP contribution in [0.5, 0.6) is 0 Å². The minimum absolute atomic E-state index is 0.0341. The highest BCUT2D eigenvalue weighted by Gasteiger charge is 2.27.